The van der Waals surface area contributed by atoms with Crippen molar-refractivity contribution < 1.29 is 52.0 Å². The third-order valence-electron chi connectivity index (χ3n) is 4.03. The summed E-state index contributed by atoms with van der Waals surface area (Å²) in [6.07, 6.45) is 0.905. The molecule has 28 heavy (non-hydrogen) atoms. The van der Waals surface area contributed by atoms with E-state index >= 15 is 0 Å². The highest BCUT2D eigenvalue weighted by Crippen LogP contribution is 2.43. The summed E-state index contributed by atoms with van der Waals surface area (Å²) in [4.78, 5) is 36.1. The van der Waals surface area contributed by atoms with Crippen LogP contribution in [0.25, 0.3) is 0 Å². The van der Waals surface area contributed by atoms with Gasteiger partial charge in [0.15, 0.2) is 6.29 Å². The van der Waals surface area contributed by atoms with Crippen molar-refractivity contribution in [1.82, 2.24) is 0 Å². The minimum atomic E-state index is -4.89. The molecule has 11 nitrogen and oxygen atoms in total. The van der Waals surface area contributed by atoms with E-state index in [4.69, 9.17) is 33.8 Å². The van der Waals surface area contributed by atoms with Gasteiger partial charge in [0.1, 0.15) is 18.3 Å². The first kappa shape index (κ1) is 26.1. The third-order valence-corrected chi connectivity index (χ3v) is 5.00. The van der Waals surface area contributed by atoms with Crippen LogP contribution in [0.1, 0.15) is 52.4 Å². The molecule has 0 radical (unpaired) electrons. The van der Waals surface area contributed by atoms with Gasteiger partial charge in [0.25, 0.3) is 0 Å². The molecule has 0 saturated carbocycles. The number of phosphoric ester groups is 2. The van der Waals surface area contributed by atoms with Crippen molar-refractivity contribution in [2.45, 2.75) is 77.0 Å². The fraction of sp³-hybridized carbons (Fsp3) is 1.00. The summed E-state index contributed by atoms with van der Waals surface area (Å²) in [5, 5.41) is 0. The van der Waals surface area contributed by atoms with Gasteiger partial charge in [0.05, 0.1) is 6.61 Å². The molecule has 0 aromatic carbocycles. The Kier molecular flexibility index (Phi) is 11.9. The molecule has 1 aliphatic rings. The number of hydrogen-bond donors (Lipinski definition) is 4. The summed E-state index contributed by atoms with van der Waals surface area (Å²) in [5.74, 6) is 0. The second kappa shape index (κ2) is 12.7. The van der Waals surface area contributed by atoms with Gasteiger partial charge in [0, 0.05) is 13.2 Å². The predicted molar refractivity (Wildman–Crippen MR) is 98.3 cm³/mol. The fourth-order valence-corrected chi connectivity index (χ4v) is 3.52. The number of rotatable bonds is 15. The van der Waals surface area contributed by atoms with E-state index < -0.39 is 46.9 Å². The SMILES string of the molecule is CCCCCO[C@@H]1[C@@H](COP(=O)(O)O)OC(OP(=O)(O)O)[C@@H]1OCCCCC. The van der Waals surface area contributed by atoms with Crippen LogP contribution in [0.4, 0.5) is 0 Å². The smallest absolute Gasteiger partial charge is 0.372 e. The zero-order valence-electron chi connectivity index (χ0n) is 16.2. The maximum absolute atomic E-state index is 11.3. The second-order valence-corrected chi connectivity index (χ2v) is 8.94. The van der Waals surface area contributed by atoms with Gasteiger partial charge in [-0.05, 0) is 12.8 Å². The largest absolute Gasteiger partial charge is 0.472 e. The van der Waals surface area contributed by atoms with Gasteiger partial charge in [-0.2, -0.15) is 0 Å². The molecule has 0 bridgehead atoms. The number of unbranched alkanes of at least 4 members (excludes halogenated alkanes) is 4. The molecular formula is C15H32O11P2. The Labute approximate surface area is 165 Å². The lowest BCUT2D eigenvalue weighted by atomic mass is 10.1. The Morgan fingerprint density at radius 1 is 0.821 bits per heavy atom. The Morgan fingerprint density at radius 3 is 1.82 bits per heavy atom. The van der Waals surface area contributed by atoms with E-state index in [-0.39, 0.29) is 0 Å². The van der Waals surface area contributed by atoms with Gasteiger partial charge < -0.3 is 33.8 Å². The first-order valence-electron chi connectivity index (χ1n) is 9.40. The van der Waals surface area contributed by atoms with Crippen molar-refractivity contribution >= 4 is 15.6 Å². The van der Waals surface area contributed by atoms with E-state index in [1.54, 1.807) is 0 Å². The molecule has 13 heteroatoms. The molecule has 0 amide bonds. The number of hydrogen-bond acceptors (Lipinski definition) is 7. The van der Waals surface area contributed by atoms with Crippen molar-refractivity contribution in [3.05, 3.63) is 0 Å². The van der Waals surface area contributed by atoms with Crippen LogP contribution in [-0.4, -0.2) is 64.0 Å². The lowest BCUT2D eigenvalue weighted by Crippen LogP contribution is -2.40. The number of ether oxygens (including phenoxy) is 3. The normalized spacial score (nSPS) is 26.1. The van der Waals surface area contributed by atoms with Crippen molar-refractivity contribution in [3.63, 3.8) is 0 Å². The molecule has 1 saturated heterocycles. The minimum Gasteiger partial charge on any atom is -0.372 e. The van der Waals surface area contributed by atoms with Gasteiger partial charge in [0.2, 0.25) is 0 Å². The van der Waals surface area contributed by atoms with Crippen LogP contribution in [0.2, 0.25) is 0 Å². The van der Waals surface area contributed by atoms with E-state index in [1.165, 1.54) is 0 Å². The summed E-state index contributed by atoms with van der Waals surface area (Å²) in [6.45, 7) is 4.13. The van der Waals surface area contributed by atoms with Crippen molar-refractivity contribution in [2.24, 2.45) is 0 Å². The van der Waals surface area contributed by atoms with Gasteiger partial charge >= 0.3 is 15.6 Å². The molecule has 1 heterocycles. The summed E-state index contributed by atoms with van der Waals surface area (Å²) in [6, 6.07) is 0. The summed E-state index contributed by atoms with van der Waals surface area (Å²) in [7, 11) is -9.66. The van der Waals surface area contributed by atoms with Crippen LogP contribution >= 0.6 is 15.6 Å². The maximum atomic E-state index is 11.3. The van der Waals surface area contributed by atoms with Crippen LogP contribution in [0.5, 0.6) is 0 Å². The standard InChI is InChI=1S/C15H32O11P2/c1-3-5-7-9-22-13-12(11-24-27(16,17)18)25-15(26-28(19,20)21)14(13)23-10-8-6-4-2/h12-15H,3-11H2,1-2H3,(H2,16,17,18)(H2,19,20,21)/t12-,13-,14-,15?/m1/s1. The molecule has 0 spiro atoms. The Morgan fingerprint density at radius 2 is 1.36 bits per heavy atom. The van der Waals surface area contributed by atoms with Gasteiger partial charge in [-0.15, -0.1) is 0 Å². The molecule has 0 aromatic heterocycles. The molecule has 168 valence electrons. The number of phosphoric acid groups is 2. The Balaban J connectivity index is 2.87. The highest BCUT2D eigenvalue weighted by molar-refractivity contribution is 7.46. The van der Waals surface area contributed by atoms with E-state index in [0.29, 0.717) is 13.2 Å². The summed E-state index contributed by atoms with van der Waals surface area (Å²) in [5.41, 5.74) is 0. The lowest BCUT2D eigenvalue weighted by molar-refractivity contribution is -0.140. The zero-order valence-corrected chi connectivity index (χ0v) is 18.0. The summed E-state index contributed by atoms with van der Waals surface area (Å²) >= 11 is 0. The average molecular weight is 450 g/mol. The van der Waals surface area contributed by atoms with Crippen LogP contribution in [0, 0.1) is 0 Å². The van der Waals surface area contributed by atoms with E-state index in [1.807, 2.05) is 13.8 Å². The monoisotopic (exact) mass is 450 g/mol. The van der Waals surface area contributed by atoms with Crippen LogP contribution < -0.4 is 0 Å². The highest BCUT2D eigenvalue weighted by Gasteiger charge is 2.49. The lowest BCUT2D eigenvalue weighted by Gasteiger charge is -2.25. The topological polar surface area (TPSA) is 161 Å². The predicted octanol–water partition coefficient (Wildman–Crippen LogP) is 2.08. The Bertz CT molecular complexity index is 520. The fourth-order valence-electron chi connectivity index (χ4n) is 2.74. The summed E-state index contributed by atoms with van der Waals surface area (Å²) < 4.78 is 48.4. The van der Waals surface area contributed by atoms with Crippen LogP contribution in [0.15, 0.2) is 0 Å². The van der Waals surface area contributed by atoms with Crippen molar-refractivity contribution in [2.75, 3.05) is 19.8 Å². The maximum Gasteiger partial charge on any atom is 0.472 e. The molecule has 1 aliphatic heterocycles. The second-order valence-electron chi connectivity index (χ2n) is 6.51. The van der Waals surface area contributed by atoms with Crippen molar-refractivity contribution in [1.29, 1.82) is 0 Å². The molecule has 1 unspecified atom stereocenters. The molecule has 0 aliphatic carbocycles. The average Bonchev–Trinajstić information content (AvgIpc) is 2.88. The van der Waals surface area contributed by atoms with Gasteiger partial charge in [-0.25, -0.2) is 9.13 Å². The van der Waals surface area contributed by atoms with Gasteiger partial charge in [-0.1, -0.05) is 39.5 Å². The van der Waals surface area contributed by atoms with Gasteiger partial charge in [-0.3, -0.25) is 9.05 Å². The van der Waals surface area contributed by atoms with E-state index in [2.05, 4.69) is 9.05 Å². The molecule has 4 N–H and O–H groups in total. The first-order valence-corrected chi connectivity index (χ1v) is 12.5. The molecule has 1 rings (SSSR count). The zero-order chi connectivity index (χ0) is 21.2. The molecule has 0 aromatic rings. The van der Waals surface area contributed by atoms with Crippen molar-refractivity contribution in [3.8, 4) is 0 Å². The third kappa shape index (κ3) is 10.8. The first-order chi connectivity index (χ1) is 13.1. The molecule has 1 fully saturated rings. The molecular weight excluding hydrogens is 418 g/mol. The Hall–Kier alpha value is 0.1000. The quantitative estimate of drug-likeness (QED) is 0.213. The van der Waals surface area contributed by atoms with E-state index in [0.717, 1.165) is 38.5 Å². The van der Waals surface area contributed by atoms with Crippen LogP contribution in [0.3, 0.4) is 0 Å². The minimum absolute atomic E-state index is 0.295. The molecule has 4 atom stereocenters. The highest BCUT2D eigenvalue weighted by atomic mass is 31.2. The van der Waals surface area contributed by atoms with E-state index in [9.17, 15) is 9.13 Å². The van der Waals surface area contributed by atoms with Crippen LogP contribution in [-0.2, 0) is 32.4 Å².